The number of alkyl halides is 2. The van der Waals surface area contributed by atoms with Crippen LogP contribution in [0.5, 0.6) is 0 Å². The van der Waals surface area contributed by atoms with Gasteiger partial charge in [-0.25, -0.2) is 18.7 Å². The van der Waals surface area contributed by atoms with Crippen LogP contribution in [0, 0.1) is 5.92 Å². The molecule has 4 rings (SSSR count). The third-order valence-electron chi connectivity index (χ3n) is 6.21. The van der Waals surface area contributed by atoms with Crippen molar-refractivity contribution in [3.63, 3.8) is 0 Å². The molecular weight excluding hydrogens is 428 g/mol. The highest BCUT2D eigenvalue weighted by atomic mass is 32.2. The van der Waals surface area contributed by atoms with E-state index < -0.39 is 5.92 Å². The van der Waals surface area contributed by atoms with Crippen LogP contribution < -0.4 is 4.31 Å². The molecule has 0 N–H and O–H groups in total. The van der Waals surface area contributed by atoms with Crippen molar-refractivity contribution in [3.8, 4) is 0 Å². The average Bonchev–Trinajstić information content (AvgIpc) is 3.33. The summed E-state index contributed by atoms with van der Waals surface area (Å²) in [7, 11) is 2.03. The number of hydrogen-bond donors (Lipinski definition) is 0. The first kappa shape index (κ1) is 23.1. The number of halogens is 2. The number of hydrogen-bond acceptors (Lipinski definition) is 4. The van der Waals surface area contributed by atoms with Crippen molar-refractivity contribution < 1.29 is 8.78 Å². The fraction of sp³-hybridized carbons (Fsp3) is 0.583. The molecular formula is C24H33F2N5S. The third kappa shape index (κ3) is 5.27. The van der Waals surface area contributed by atoms with E-state index >= 15 is 0 Å². The minimum Gasteiger partial charge on any atom is -0.327 e. The quantitative estimate of drug-likeness (QED) is 0.397. The van der Waals surface area contributed by atoms with Crippen molar-refractivity contribution in [1.29, 1.82) is 0 Å². The van der Waals surface area contributed by atoms with E-state index in [-0.39, 0.29) is 18.3 Å². The van der Waals surface area contributed by atoms with Gasteiger partial charge < -0.3 is 8.87 Å². The maximum atomic E-state index is 13.8. The van der Waals surface area contributed by atoms with Gasteiger partial charge >= 0.3 is 0 Å². The van der Waals surface area contributed by atoms with Gasteiger partial charge in [0.15, 0.2) is 0 Å². The second-order valence-electron chi connectivity index (χ2n) is 9.98. The first-order valence-corrected chi connectivity index (χ1v) is 12.1. The Balaban J connectivity index is 1.60. The molecule has 32 heavy (non-hydrogen) atoms. The van der Waals surface area contributed by atoms with E-state index in [4.69, 9.17) is 4.98 Å². The molecule has 0 saturated heterocycles. The molecule has 0 unspecified atom stereocenters. The van der Waals surface area contributed by atoms with Gasteiger partial charge in [-0.2, -0.15) is 0 Å². The number of imidazole rings is 2. The summed E-state index contributed by atoms with van der Waals surface area (Å²) in [5.74, 6) is -1.02. The summed E-state index contributed by atoms with van der Waals surface area (Å²) < 4.78 is 33.9. The smallest absolute Gasteiger partial charge is 0.248 e. The first-order valence-electron chi connectivity index (χ1n) is 11.4. The monoisotopic (exact) mass is 461 g/mol. The van der Waals surface area contributed by atoms with Crippen LogP contribution in [0.2, 0.25) is 0 Å². The fourth-order valence-electron chi connectivity index (χ4n) is 4.56. The molecule has 1 aromatic carbocycles. The Hall–Kier alpha value is -2.09. The standard InChI is InChI=1S/C24H33F2N5S/c1-23(2,3)22-28-20-15-19(29(4)32-30-14-13-27-17-30)9-10-21(20)31(22)16-18-7-5-11-24(25,26)12-6-8-18/h9-10,13-15,17-18H,5-8,11-12,16H2,1-4H3. The Bertz CT molecular complexity index is 1030. The minimum absolute atomic E-state index is 0.0184. The van der Waals surface area contributed by atoms with Crippen LogP contribution >= 0.6 is 12.1 Å². The highest BCUT2D eigenvalue weighted by Gasteiger charge is 2.31. The molecule has 1 saturated carbocycles. The van der Waals surface area contributed by atoms with E-state index in [0.717, 1.165) is 41.9 Å². The molecule has 0 radical (unpaired) electrons. The Morgan fingerprint density at radius 2 is 1.91 bits per heavy atom. The lowest BCUT2D eigenvalue weighted by atomic mass is 9.89. The van der Waals surface area contributed by atoms with E-state index in [0.29, 0.717) is 18.8 Å². The highest BCUT2D eigenvalue weighted by Crippen LogP contribution is 2.36. The van der Waals surface area contributed by atoms with Crippen LogP contribution in [0.3, 0.4) is 0 Å². The van der Waals surface area contributed by atoms with Crippen LogP contribution in [-0.4, -0.2) is 31.5 Å². The third-order valence-corrected chi connectivity index (χ3v) is 7.07. The molecule has 0 bridgehead atoms. The summed E-state index contributed by atoms with van der Waals surface area (Å²) in [6.45, 7) is 7.40. The molecule has 1 aliphatic carbocycles. The zero-order valence-corrected chi connectivity index (χ0v) is 20.2. The molecule has 0 amide bonds. The van der Waals surface area contributed by atoms with Gasteiger partial charge in [-0.3, -0.25) is 3.97 Å². The van der Waals surface area contributed by atoms with Crippen LogP contribution in [0.1, 0.15) is 65.1 Å². The normalized spacial score (nSPS) is 17.9. The van der Waals surface area contributed by atoms with Crippen molar-refractivity contribution in [2.24, 2.45) is 5.92 Å². The molecule has 1 fully saturated rings. The molecule has 174 valence electrons. The maximum Gasteiger partial charge on any atom is 0.248 e. The number of aromatic nitrogens is 4. The van der Waals surface area contributed by atoms with Crippen molar-refractivity contribution in [2.45, 2.75) is 77.2 Å². The lowest BCUT2D eigenvalue weighted by molar-refractivity contribution is -0.0276. The van der Waals surface area contributed by atoms with Gasteiger partial charge in [0.05, 0.1) is 28.9 Å². The second kappa shape index (κ2) is 9.04. The predicted molar refractivity (Wildman–Crippen MR) is 128 cm³/mol. The summed E-state index contributed by atoms with van der Waals surface area (Å²) in [6, 6.07) is 6.40. The number of nitrogens with zero attached hydrogens (tertiary/aromatic N) is 5. The molecule has 0 aliphatic heterocycles. The Labute approximate surface area is 193 Å². The number of benzene rings is 1. The summed E-state index contributed by atoms with van der Waals surface area (Å²) in [5.41, 5.74) is 3.05. The average molecular weight is 462 g/mol. The van der Waals surface area contributed by atoms with Crippen LogP contribution in [0.15, 0.2) is 36.9 Å². The Morgan fingerprint density at radius 1 is 1.19 bits per heavy atom. The largest absolute Gasteiger partial charge is 0.327 e. The molecule has 2 aromatic heterocycles. The molecule has 1 aliphatic rings. The van der Waals surface area contributed by atoms with Crippen molar-refractivity contribution in [1.82, 2.24) is 18.5 Å². The van der Waals surface area contributed by atoms with Crippen LogP contribution in [-0.2, 0) is 12.0 Å². The zero-order chi connectivity index (χ0) is 22.9. The van der Waals surface area contributed by atoms with Crippen LogP contribution in [0.4, 0.5) is 14.5 Å². The number of rotatable bonds is 5. The van der Waals surface area contributed by atoms with Gasteiger partial charge in [0, 0.05) is 44.2 Å². The van der Waals surface area contributed by atoms with E-state index in [9.17, 15) is 8.78 Å². The summed E-state index contributed by atoms with van der Waals surface area (Å²) in [5, 5.41) is 0. The van der Waals surface area contributed by atoms with Crippen LogP contribution in [0.25, 0.3) is 11.0 Å². The van der Waals surface area contributed by atoms with Gasteiger partial charge in [-0.15, -0.1) is 0 Å². The van der Waals surface area contributed by atoms with E-state index in [1.807, 2.05) is 17.2 Å². The Kier molecular flexibility index (Phi) is 6.52. The number of fused-ring (bicyclic) bond motifs is 1. The zero-order valence-electron chi connectivity index (χ0n) is 19.4. The van der Waals surface area contributed by atoms with Gasteiger partial charge in [0.1, 0.15) is 12.2 Å². The predicted octanol–water partition coefficient (Wildman–Crippen LogP) is 6.68. The summed E-state index contributed by atoms with van der Waals surface area (Å²) in [6.07, 6.45) is 8.37. The molecule has 0 spiro atoms. The molecule has 8 heteroatoms. The van der Waals surface area contributed by atoms with Gasteiger partial charge in [-0.05, 0) is 49.8 Å². The van der Waals surface area contributed by atoms with E-state index in [2.05, 4.69) is 52.8 Å². The summed E-state index contributed by atoms with van der Waals surface area (Å²) >= 11 is 1.55. The molecule has 0 atom stereocenters. The van der Waals surface area contributed by atoms with Gasteiger partial charge in [0.2, 0.25) is 5.92 Å². The van der Waals surface area contributed by atoms with E-state index in [1.54, 1.807) is 24.7 Å². The van der Waals surface area contributed by atoms with Crippen molar-refractivity contribution in [3.05, 3.63) is 42.7 Å². The first-order chi connectivity index (χ1) is 15.1. The van der Waals surface area contributed by atoms with Gasteiger partial charge in [-0.1, -0.05) is 20.8 Å². The molecule has 3 aromatic rings. The summed E-state index contributed by atoms with van der Waals surface area (Å²) in [4.78, 5) is 9.14. The number of anilines is 1. The van der Waals surface area contributed by atoms with Gasteiger partial charge in [0.25, 0.3) is 0 Å². The minimum atomic E-state index is -2.49. The molecule has 2 heterocycles. The SMILES string of the molecule is CN(Sn1ccnc1)c1ccc2c(c1)nc(C(C)(C)C)n2CC1CCCC(F)(F)CCC1. The van der Waals surface area contributed by atoms with E-state index in [1.165, 1.54) is 0 Å². The maximum absolute atomic E-state index is 13.8. The van der Waals surface area contributed by atoms with Crippen molar-refractivity contribution in [2.75, 3.05) is 11.4 Å². The fourth-order valence-corrected chi connectivity index (χ4v) is 5.26. The lowest BCUT2D eigenvalue weighted by Crippen LogP contribution is -2.24. The topological polar surface area (TPSA) is 38.9 Å². The lowest BCUT2D eigenvalue weighted by Gasteiger charge is -2.27. The van der Waals surface area contributed by atoms with Crippen molar-refractivity contribution >= 4 is 28.9 Å². The highest BCUT2D eigenvalue weighted by molar-refractivity contribution is 7.99. The second-order valence-corrected chi connectivity index (χ2v) is 11.1. The molecule has 5 nitrogen and oxygen atoms in total. The Morgan fingerprint density at radius 3 is 2.53 bits per heavy atom.